The summed E-state index contributed by atoms with van der Waals surface area (Å²) in [4.78, 5) is 63.8. The van der Waals surface area contributed by atoms with Gasteiger partial charge >= 0.3 is 30.0 Å². The van der Waals surface area contributed by atoms with E-state index in [-0.39, 0.29) is 30.5 Å². The SMILES string of the molecule is C[C@@H](COC(=O)c1ccccc1)C(c1ccc(OC(=O)C(C)(C)C)c(OC(=O)C(C)(C)C)c1)[C@H](NC(=O)OC(C)(C)C)C(=O)O.Cl. The highest BCUT2D eigenvalue weighted by Gasteiger charge is 2.38. The number of amides is 1. The van der Waals surface area contributed by atoms with Crippen molar-refractivity contribution in [3.8, 4) is 11.5 Å². The number of carboxylic acids is 1. The number of carbonyl (C=O) groups is 5. The molecule has 0 radical (unpaired) electrons. The Labute approximate surface area is 276 Å². The van der Waals surface area contributed by atoms with E-state index in [1.165, 1.54) is 18.2 Å². The highest BCUT2D eigenvalue weighted by molar-refractivity contribution is 5.89. The summed E-state index contributed by atoms with van der Waals surface area (Å²) in [5.74, 6) is -5.14. The van der Waals surface area contributed by atoms with Gasteiger partial charge < -0.3 is 29.4 Å². The molecule has 2 N–H and O–H groups in total. The van der Waals surface area contributed by atoms with Crippen LogP contribution >= 0.6 is 12.4 Å². The molecule has 0 fully saturated rings. The summed E-state index contributed by atoms with van der Waals surface area (Å²) in [6.07, 6.45) is -0.969. The summed E-state index contributed by atoms with van der Waals surface area (Å²) in [7, 11) is 0. The molecule has 2 rings (SSSR count). The van der Waals surface area contributed by atoms with Gasteiger partial charge in [0, 0.05) is 5.92 Å². The van der Waals surface area contributed by atoms with Gasteiger partial charge in [0.1, 0.15) is 11.6 Å². The maximum Gasteiger partial charge on any atom is 0.408 e. The molecule has 2 aromatic rings. The summed E-state index contributed by atoms with van der Waals surface area (Å²) >= 11 is 0. The Morgan fingerprint density at radius 3 is 1.78 bits per heavy atom. The molecule has 0 aliphatic heterocycles. The molecular formula is C34H46ClNO10. The molecule has 11 nitrogen and oxygen atoms in total. The number of ether oxygens (including phenoxy) is 4. The number of hydrogen-bond acceptors (Lipinski definition) is 9. The van der Waals surface area contributed by atoms with Crippen LogP contribution in [0.1, 0.15) is 91.1 Å². The van der Waals surface area contributed by atoms with Gasteiger partial charge in [0.2, 0.25) is 0 Å². The second kappa shape index (κ2) is 15.9. The number of benzene rings is 2. The molecule has 1 amide bonds. The lowest BCUT2D eigenvalue weighted by Gasteiger charge is -2.31. The predicted octanol–water partition coefficient (Wildman–Crippen LogP) is 6.57. The highest BCUT2D eigenvalue weighted by atomic mass is 35.5. The van der Waals surface area contributed by atoms with E-state index in [4.69, 9.17) is 18.9 Å². The van der Waals surface area contributed by atoms with Crippen LogP contribution in [0.4, 0.5) is 4.79 Å². The van der Waals surface area contributed by atoms with Crippen LogP contribution in [0.25, 0.3) is 0 Å². The maximum absolute atomic E-state index is 12.9. The largest absolute Gasteiger partial charge is 0.480 e. The van der Waals surface area contributed by atoms with E-state index in [0.717, 1.165) is 0 Å². The van der Waals surface area contributed by atoms with E-state index in [1.807, 2.05) is 0 Å². The Morgan fingerprint density at radius 2 is 1.30 bits per heavy atom. The Hall–Kier alpha value is -4.12. The number of halogens is 1. The second-order valence-corrected chi connectivity index (χ2v) is 13.9. The minimum absolute atomic E-state index is 0. The van der Waals surface area contributed by atoms with Crippen LogP contribution in [-0.4, -0.2) is 53.3 Å². The van der Waals surface area contributed by atoms with Gasteiger partial charge in [0.05, 0.1) is 23.0 Å². The second-order valence-electron chi connectivity index (χ2n) is 13.9. The molecule has 2 aromatic carbocycles. The number of alkyl carbamates (subject to hydrolysis) is 1. The molecular weight excluding hydrogens is 618 g/mol. The Morgan fingerprint density at radius 1 is 0.783 bits per heavy atom. The minimum atomic E-state index is -1.57. The predicted molar refractivity (Wildman–Crippen MR) is 173 cm³/mol. The molecule has 0 aliphatic rings. The third-order valence-corrected chi connectivity index (χ3v) is 6.38. The molecule has 254 valence electrons. The van der Waals surface area contributed by atoms with Crippen LogP contribution < -0.4 is 14.8 Å². The van der Waals surface area contributed by atoms with E-state index in [1.54, 1.807) is 99.6 Å². The van der Waals surface area contributed by atoms with E-state index in [9.17, 15) is 29.1 Å². The number of nitrogens with one attached hydrogen (secondary N) is 1. The molecule has 0 saturated heterocycles. The fraction of sp³-hybridized carbons (Fsp3) is 0.500. The summed E-state index contributed by atoms with van der Waals surface area (Å²) in [6.45, 7) is 16.3. The summed E-state index contributed by atoms with van der Waals surface area (Å²) in [5, 5.41) is 12.7. The number of rotatable bonds is 10. The first-order chi connectivity index (χ1) is 20.6. The van der Waals surface area contributed by atoms with Crippen LogP contribution in [0.3, 0.4) is 0 Å². The standard InChI is InChI=1S/C34H45NO10.ClH/c1-20(19-42-28(38)21-14-12-11-13-15-21)25(26(27(36)37)35-31(41)45-34(8,9)10)22-16-17-23(43-29(39)32(2,3)4)24(18-22)44-30(40)33(5,6)7;/h11-18,20,25-26H,19H2,1-10H3,(H,35,41)(H,36,37);1H/t20-,25?,26-;/m0./s1. The Balaban J connectivity index is 0.0000106. The van der Waals surface area contributed by atoms with Gasteiger partial charge in [-0.25, -0.2) is 14.4 Å². The molecule has 0 aliphatic carbocycles. The molecule has 0 heterocycles. The Bertz CT molecular complexity index is 1390. The maximum atomic E-state index is 12.9. The number of carboxylic acid groups (broad SMARTS) is 1. The lowest BCUT2D eigenvalue weighted by molar-refractivity contribution is -0.145. The average Bonchev–Trinajstić information content (AvgIpc) is 2.90. The van der Waals surface area contributed by atoms with E-state index in [2.05, 4.69) is 5.32 Å². The number of aliphatic carboxylic acids is 1. The van der Waals surface area contributed by atoms with Gasteiger partial charge in [0.15, 0.2) is 11.5 Å². The van der Waals surface area contributed by atoms with Gasteiger partial charge in [-0.15, -0.1) is 12.4 Å². The summed E-state index contributed by atoms with van der Waals surface area (Å²) in [6, 6.07) is 11.0. The average molecular weight is 664 g/mol. The molecule has 46 heavy (non-hydrogen) atoms. The van der Waals surface area contributed by atoms with E-state index < -0.39 is 64.3 Å². The molecule has 0 aromatic heterocycles. The zero-order valence-corrected chi connectivity index (χ0v) is 28.9. The zero-order chi connectivity index (χ0) is 34.3. The van der Waals surface area contributed by atoms with Gasteiger partial charge in [-0.05, 0) is 98.1 Å². The van der Waals surface area contributed by atoms with Gasteiger partial charge in [-0.1, -0.05) is 31.2 Å². The lowest BCUT2D eigenvalue weighted by Crippen LogP contribution is -2.48. The van der Waals surface area contributed by atoms with Crippen molar-refractivity contribution in [3.05, 3.63) is 59.7 Å². The minimum Gasteiger partial charge on any atom is -0.480 e. The summed E-state index contributed by atoms with van der Waals surface area (Å²) < 4.78 is 22.1. The van der Waals surface area contributed by atoms with E-state index in [0.29, 0.717) is 11.1 Å². The topological polar surface area (TPSA) is 155 Å². The fourth-order valence-electron chi connectivity index (χ4n) is 3.96. The first-order valence-electron chi connectivity index (χ1n) is 14.6. The molecule has 0 spiro atoms. The van der Waals surface area contributed by atoms with Crippen molar-refractivity contribution in [3.63, 3.8) is 0 Å². The van der Waals surface area contributed by atoms with Crippen molar-refractivity contribution < 1.29 is 48.0 Å². The van der Waals surface area contributed by atoms with Gasteiger partial charge in [-0.2, -0.15) is 0 Å². The molecule has 3 atom stereocenters. The van der Waals surface area contributed by atoms with Crippen LogP contribution in [0.15, 0.2) is 48.5 Å². The first kappa shape index (κ1) is 39.9. The number of esters is 3. The third-order valence-electron chi connectivity index (χ3n) is 6.38. The lowest BCUT2D eigenvalue weighted by atomic mass is 9.81. The van der Waals surface area contributed by atoms with Crippen LogP contribution in [0.5, 0.6) is 11.5 Å². The third kappa shape index (κ3) is 12.0. The van der Waals surface area contributed by atoms with E-state index >= 15 is 0 Å². The van der Waals surface area contributed by atoms with Crippen molar-refractivity contribution in [2.75, 3.05) is 6.61 Å². The molecule has 0 saturated carbocycles. The van der Waals surface area contributed by atoms with Crippen LogP contribution in [0, 0.1) is 16.7 Å². The number of carbonyl (C=O) groups excluding carboxylic acids is 4. The first-order valence-corrected chi connectivity index (χ1v) is 14.6. The Kier molecular flexibility index (Phi) is 13.8. The van der Waals surface area contributed by atoms with Crippen molar-refractivity contribution in [2.24, 2.45) is 16.7 Å². The van der Waals surface area contributed by atoms with Crippen molar-refractivity contribution >= 4 is 42.4 Å². The normalized spacial score (nSPS) is 13.6. The van der Waals surface area contributed by atoms with Crippen molar-refractivity contribution in [2.45, 2.75) is 86.8 Å². The monoisotopic (exact) mass is 663 g/mol. The van der Waals surface area contributed by atoms with Gasteiger partial charge in [-0.3, -0.25) is 9.59 Å². The molecule has 1 unspecified atom stereocenters. The molecule has 0 bridgehead atoms. The fourth-order valence-corrected chi connectivity index (χ4v) is 3.96. The van der Waals surface area contributed by atoms with Crippen LogP contribution in [0.2, 0.25) is 0 Å². The summed E-state index contributed by atoms with van der Waals surface area (Å²) in [5.41, 5.74) is -2.11. The molecule has 12 heteroatoms. The smallest absolute Gasteiger partial charge is 0.408 e. The van der Waals surface area contributed by atoms with Crippen molar-refractivity contribution in [1.29, 1.82) is 0 Å². The zero-order valence-electron chi connectivity index (χ0n) is 28.1. The quantitative estimate of drug-likeness (QED) is 0.211. The van der Waals surface area contributed by atoms with Crippen molar-refractivity contribution in [1.82, 2.24) is 5.32 Å². The van der Waals surface area contributed by atoms with Gasteiger partial charge in [0.25, 0.3) is 0 Å². The highest BCUT2D eigenvalue weighted by Crippen LogP contribution is 2.38. The van der Waals surface area contributed by atoms with Crippen LogP contribution in [-0.2, 0) is 23.9 Å². The number of hydrogen-bond donors (Lipinski definition) is 2.